The molecule has 0 spiro atoms. The van der Waals surface area contributed by atoms with E-state index in [-0.39, 0.29) is 0 Å². The van der Waals surface area contributed by atoms with Crippen molar-refractivity contribution in [3.63, 3.8) is 0 Å². The van der Waals surface area contributed by atoms with Crippen molar-refractivity contribution in [2.45, 2.75) is 83.1 Å². The Bertz CT molecular complexity index is 240. The molecule has 2 fully saturated rings. The molecule has 0 atom stereocenters. The van der Waals surface area contributed by atoms with Crippen molar-refractivity contribution in [3.05, 3.63) is 0 Å². The average Bonchev–Trinajstić information content (AvgIpc) is 2.48. The maximum Gasteiger partial charge on any atom is 0.0331 e. The fourth-order valence-corrected chi connectivity index (χ4v) is 4.33. The second-order valence-electron chi connectivity index (χ2n) is 6.94. The van der Waals surface area contributed by atoms with Crippen LogP contribution in [-0.4, -0.2) is 30.1 Å². The highest BCUT2D eigenvalue weighted by atomic mass is 15.2. The van der Waals surface area contributed by atoms with Gasteiger partial charge in [0, 0.05) is 18.6 Å². The first-order valence-corrected chi connectivity index (χ1v) is 8.76. The predicted octanol–water partition coefficient (Wildman–Crippen LogP) is 3.94. The van der Waals surface area contributed by atoms with Crippen molar-refractivity contribution in [3.8, 4) is 0 Å². The summed E-state index contributed by atoms with van der Waals surface area (Å²) >= 11 is 0. The van der Waals surface area contributed by atoms with Crippen molar-refractivity contribution in [1.82, 2.24) is 4.90 Å². The van der Waals surface area contributed by atoms with Crippen LogP contribution in [0.1, 0.15) is 77.6 Å². The minimum Gasteiger partial charge on any atom is -0.329 e. The van der Waals surface area contributed by atoms with Crippen LogP contribution in [0.3, 0.4) is 0 Å². The van der Waals surface area contributed by atoms with Crippen molar-refractivity contribution in [2.75, 3.05) is 19.6 Å². The summed E-state index contributed by atoms with van der Waals surface area (Å²) < 4.78 is 0. The van der Waals surface area contributed by atoms with Gasteiger partial charge in [0.15, 0.2) is 0 Å². The van der Waals surface area contributed by atoms with Gasteiger partial charge in [0.2, 0.25) is 0 Å². The minimum atomic E-state index is 0.353. The molecule has 0 amide bonds. The second kappa shape index (κ2) is 7.64. The first-order valence-electron chi connectivity index (χ1n) is 8.76. The van der Waals surface area contributed by atoms with E-state index in [4.69, 9.17) is 5.73 Å². The lowest BCUT2D eigenvalue weighted by molar-refractivity contribution is 0.0368. The largest absolute Gasteiger partial charge is 0.329 e. The number of nitrogens with two attached hydrogens (primary N) is 1. The van der Waals surface area contributed by atoms with Crippen molar-refractivity contribution in [1.29, 1.82) is 0 Å². The lowest BCUT2D eigenvalue weighted by atomic mass is 9.78. The first kappa shape index (κ1) is 15.3. The van der Waals surface area contributed by atoms with E-state index >= 15 is 0 Å². The van der Waals surface area contributed by atoms with Crippen LogP contribution in [0.15, 0.2) is 0 Å². The summed E-state index contributed by atoms with van der Waals surface area (Å²) in [4.78, 5) is 2.81. The Morgan fingerprint density at radius 1 is 1.00 bits per heavy atom. The number of hydrogen-bond donors (Lipinski definition) is 1. The predicted molar refractivity (Wildman–Crippen MR) is 83.3 cm³/mol. The molecular weight excluding hydrogens is 232 g/mol. The highest BCUT2D eigenvalue weighted by Gasteiger charge is 2.37. The average molecular weight is 266 g/mol. The number of hydrogen-bond acceptors (Lipinski definition) is 2. The van der Waals surface area contributed by atoms with E-state index in [1.54, 1.807) is 0 Å². The lowest BCUT2D eigenvalue weighted by Gasteiger charge is -2.47. The molecule has 0 saturated heterocycles. The lowest BCUT2D eigenvalue weighted by Crippen LogP contribution is -2.56. The Kier molecular flexibility index (Phi) is 6.15. The molecule has 0 heterocycles. The van der Waals surface area contributed by atoms with Gasteiger partial charge in [-0.25, -0.2) is 0 Å². The molecule has 2 aliphatic rings. The highest BCUT2D eigenvalue weighted by Crippen LogP contribution is 2.35. The van der Waals surface area contributed by atoms with Crippen molar-refractivity contribution in [2.24, 2.45) is 11.7 Å². The van der Waals surface area contributed by atoms with Crippen LogP contribution < -0.4 is 5.73 Å². The van der Waals surface area contributed by atoms with Gasteiger partial charge >= 0.3 is 0 Å². The molecule has 2 heteroatoms. The summed E-state index contributed by atoms with van der Waals surface area (Å²) in [6.45, 7) is 5.78. The van der Waals surface area contributed by atoms with Gasteiger partial charge in [-0.3, -0.25) is 4.90 Å². The van der Waals surface area contributed by atoms with Crippen LogP contribution >= 0.6 is 0 Å². The van der Waals surface area contributed by atoms with Gasteiger partial charge in [-0.15, -0.1) is 0 Å². The monoisotopic (exact) mass is 266 g/mol. The summed E-state index contributed by atoms with van der Waals surface area (Å²) in [6.07, 6.45) is 15.5. The van der Waals surface area contributed by atoms with Crippen LogP contribution in [0, 0.1) is 5.92 Å². The van der Waals surface area contributed by atoms with E-state index in [0.717, 1.165) is 12.5 Å². The van der Waals surface area contributed by atoms with Crippen LogP contribution in [0.5, 0.6) is 0 Å². The van der Waals surface area contributed by atoms with Gasteiger partial charge in [-0.2, -0.15) is 0 Å². The molecule has 0 unspecified atom stereocenters. The van der Waals surface area contributed by atoms with Crippen LogP contribution in [0.25, 0.3) is 0 Å². The van der Waals surface area contributed by atoms with Crippen molar-refractivity contribution < 1.29 is 0 Å². The zero-order valence-corrected chi connectivity index (χ0v) is 13.0. The zero-order chi connectivity index (χ0) is 13.6. The molecule has 2 saturated carbocycles. The normalized spacial score (nSPS) is 24.8. The summed E-state index contributed by atoms with van der Waals surface area (Å²) in [6, 6.07) is 0. The molecule has 0 aromatic carbocycles. The molecule has 2 N–H and O–H groups in total. The summed E-state index contributed by atoms with van der Waals surface area (Å²) in [5.41, 5.74) is 6.59. The molecule has 112 valence electrons. The van der Waals surface area contributed by atoms with Crippen molar-refractivity contribution >= 4 is 0 Å². The van der Waals surface area contributed by atoms with Crippen LogP contribution in [0.4, 0.5) is 0 Å². The fourth-order valence-electron chi connectivity index (χ4n) is 4.33. The Balaban J connectivity index is 1.99. The molecule has 0 aliphatic heterocycles. The molecular formula is C17H34N2. The maximum atomic E-state index is 6.23. The van der Waals surface area contributed by atoms with Crippen LogP contribution in [-0.2, 0) is 0 Å². The minimum absolute atomic E-state index is 0.353. The SMILES string of the molecule is CCCN(CC1CCCCC1)C1(CN)CCCCC1. The van der Waals surface area contributed by atoms with Gasteiger partial charge in [-0.1, -0.05) is 45.4 Å². The van der Waals surface area contributed by atoms with E-state index in [0.29, 0.717) is 5.54 Å². The van der Waals surface area contributed by atoms with Gasteiger partial charge in [0.1, 0.15) is 0 Å². The Morgan fingerprint density at radius 3 is 2.21 bits per heavy atom. The van der Waals surface area contributed by atoms with Crippen LogP contribution in [0.2, 0.25) is 0 Å². The van der Waals surface area contributed by atoms with E-state index in [9.17, 15) is 0 Å². The molecule has 0 bridgehead atoms. The zero-order valence-electron chi connectivity index (χ0n) is 13.0. The Labute approximate surface area is 120 Å². The van der Waals surface area contributed by atoms with E-state index in [2.05, 4.69) is 11.8 Å². The Hall–Kier alpha value is -0.0800. The third-order valence-corrected chi connectivity index (χ3v) is 5.53. The molecule has 0 aromatic heterocycles. The molecule has 2 rings (SSSR count). The van der Waals surface area contributed by atoms with Gasteiger partial charge in [0.25, 0.3) is 0 Å². The first-order chi connectivity index (χ1) is 9.30. The smallest absolute Gasteiger partial charge is 0.0331 e. The topological polar surface area (TPSA) is 29.3 Å². The van der Waals surface area contributed by atoms with Gasteiger partial charge in [0.05, 0.1) is 0 Å². The summed E-state index contributed by atoms with van der Waals surface area (Å²) in [5.74, 6) is 0.950. The van der Waals surface area contributed by atoms with Gasteiger partial charge in [-0.05, 0) is 44.6 Å². The fraction of sp³-hybridized carbons (Fsp3) is 1.00. The Morgan fingerprint density at radius 2 is 1.63 bits per heavy atom. The van der Waals surface area contributed by atoms with E-state index in [1.165, 1.54) is 83.7 Å². The van der Waals surface area contributed by atoms with E-state index in [1.807, 2.05) is 0 Å². The third-order valence-electron chi connectivity index (χ3n) is 5.53. The maximum absolute atomic E-state index is 6.23. The number of rotatable bonds is 6. The molecule has 19 heavy (non-hydrogen) atoms. The molecule has 0 aromatic rings. The summed E-state index contributed by atoms with van der Waals surface area (Å²) in [5, 5.41) is 0. The third kappa shape index (κ3) is 3.95. The number of nitrogens with zero attached hydrogens (tertiary/aromatic N) is 1. The molecule has 0 radical (unpaired) electrons. The second-order valence-corrected chi connectivity index (χ2v) is 6.94. The summed E-state index contributed by atoms with van der Waals surface area (Å²) in [7, 11) is 0. The molecule has 2 aliphatic carbocycles. The van der Waals surface area contributed by atoms with E-state index < -0.39 is 0 Å². The van der Waals surface area contributed by atoms with Gasteiger partial charge < -0.3 is 5.73 Å². The quantitative estimate of drug-likeness (QED) is 0.789. The molecule has 2 nitrogen and oxygen atoms in total. The highest BCUT2D eigenvalue weighted by molar-refractivity contribution is 4.95. The standard InChI is InChI=1S/C17H34N2/c1-2-13-19(14-16-9-5-3-6-10-16)17(15-18)11-7-4-8-12-17/h16H,2-15,18H2,1H3.